The fourth-order valence-corrected chi connectivity index (χ4v) is 4.43. The molecule has 0 aliphatic rings. The third-order valence-corrected chi connectivity index (χ3v) is 6.90. The summed E-state index contributed by atoms with van der Waals surface area (Å²) in [6.07, 6.45) is 0. The molecule has 10 heteroatoms. The fraction of sp³-hybridized carbons (Fsp3) is 0.304. The number of hydrogen-bond donors (Lipinski definition) is 2. The Morgan fingerprint density at radius 2 is 1.79 bits per heavy atom. The number of hydrogen-bond acceptors (Lipinski definition) is 5. The van der Waals surface area contributed by atoms with Crippen LogP contribution in [-0.4, -0.2) is 31.8 Å². The number of carbonyl (C=O) groups is 2. The molecule has 0 saturated carbocycles. The fourth-order valence-electron chi connectivity index (χ4n) is 3.20. The van der Waals surface area contributed by atoms with Gasteiger partial charge in [-0.1, -0.05) is 53.2 Å². The van der Waals surface area contributed by atoms with Crippen molar-refractivity contribution in [1.29, 1.82) is 0 Å². The highest BCUT2D eigenvalue weighted by molar-refractivity contribution is 8.00. The number of para-hydroxylation sites is 1. The zero-order chi connectivity index (χ0) is 24.1. The number of rotatable bonds is 8. The van der Waals surface area contributed by atoms with Crippen LogP contribution in [0.1, 0.15) is 41.2 Å². The van der Waals surface area contributed by atoms with E-state index < -0.39 is 5.25 Å². The van der Waals surface area contributed by atoms with Crippen LogP contribution in [0.3, 0.4) is 0 Å². The molecular weight excluding hydrogens is 481 g/mol. The molecule has 0 aliphatic carbocycles. The molecule has 2 aromatic carbocycles. The second kappa shape index (κ2) is 11.0. The smallest absolute Gasteiger partial charge is 0.251 e. The van der Waals surface area contributed by atoms with Crippen LogP contribution >= 0.6 is 35.0 Å². The Morgan fingerprint density at radius 3 is 2.42 bits per heavy atom. The molecule has 0 spiro atoms. The zero-order valence-electron chi connectivity index (χ0n) is 18.8. The van der Waals surface area contributed by atoms with Crippen molar-refractivity contribution in [1.82, 2.24) is 20.1 Å². The van der Waals surface area contributed by atoms with E-state index >= 15 is 0 Å². The largest absolute Gasteiger partial charge is 0.345 e. The molecule has 1 aromatic heterocycles. The highest BCUT2D eigenvalue weighted by atomic mass is 35.5. The normalized spacial score (nSPS) is 11.8. The summed E-state index contributed by atoms with van der Waals surface area (Å²) in [5.74, 6) is 0.183. The first-order chi connectivity index (χ1) is 15.7. The lowest BCUT2D eigenvalue weighted by molar-refractivity contribution is -0.115. The van der Waals surface area contributed by atoms with Crippen LogP contribution in [0, 0.1) is 13.8 Å². The standard InChI is InChI=1S/C23H25Cl2N5O2S/c1-5-30-19(12-26-22(32)16-9-10-17(24)18(25)11-16)28-29-23(30)33-15(4)21(31)27-20-13(2)7-6-8-14(20)3/h6-11,15H,5,12H2,1-4H3,(H,26,32)(H,27,31). The van der Waals surface area contributed by atoms with E-state index in [0.717, 1.165) is 16.8 Å². The Hall–Kier alpha value is -2.55. The Morgan fingerprint density at radius 1 is 1.09 bits per heavy atom. The van der Waals surface area contributed by atoms with Gasteiger partial charge in [0.1, 0.15) is 0 Å². The van der Waals surface area contributed by atoms with Gasteiger partial charge in [0.05, 0.1) is 21.8 Å². The molecule has 33 heavy (non-hydrogen) atoms. The van der Waals surface area contributed by atoms with Crippen LogP contribution in [0.25, 0.3) is 0 Å². The molecule has 0 bridgehead atoms. The number of benzene rings is 2. The maximum atomic E-state index is 12.8. The van der Waals surface area contributed by atoms with Crippen LogP contribution in [0.5, 0.6) is 0 Å². The van der Waals surface area contributed by atoms with E-state index in [0.29, 0.717) is 33.1 Å². The molecule has 2 N–H and O–H groups in total. The van der Waals surface area contributed by atoms with Gasteiger partial charge in [0.2, 0.25) is 5.91 Å². The van der Waals surface area contributed by atoms with E-state index in [9.17, 15) is 9.59 Å². The van der Waals surface area contributed by atoms with Crippen LogP contribution < -0.4 is 10.6 Å². The summed E-state index contributed by atoms with van der Waals surface area (Å²) in [5, 5.41) is 15.2. The summed E-state index contributed by atoms with van der Waals surface area (Å²) in [6, 6.07) is 10.6. The topological polar surface area (TPSA) is 88.9 Å². The molecular formula is C23H25Cl2N5O2S. The van der Waals surface area contributed by atoms with Gasteiger partial charge < -0.3 is 15.2 Å². The van der Waals surface area contributed by atoms with Gasteiger partial charge >= 0.3 is 0 Å². The van der Waals surface area contributed by atoms with Crippen LogP contribution in [0.4, 0.5) is 5.69 Å². The summed E-state index contributed by atoms with van der Waals surface area (Å²) in [4.78, 5) is 25.2. The van der Waals surface area contributed by atoms with Crippen molar-refractivity contribution in [2.75, 3.05) is 5.32 Å². The van der Waals surface area contributed by atoms with Crippen molar-refractivity contribution in [2.45, 2.75) is 51.2 Å². The zero-order valence-corrected chi connectivity index (χ0v) is 21.1. The van der Waals surface area contributed by atoms with Crippen LogP contribution in [-0.2, 0) is 17.9 Å². The van der Waals surface area contributed by atoms with Gasteiger partial charge in [0.15, 0.2) is 11.0 Å². The van der Waals surface area contributed by atoms with E-state index in [-0.39, 0.29) is 18.4 Å². The van der Waals surface area contributed by atoms with Gasteiger partial charge in [-0.25, -0.2) is 0 Å². The molecule has 0 aliphatic heterocycles. The lowest BCUT2D eigenvalue weighted by Gasteiger charge is -2.15. The van der Waals surface area contributed by atoms with Gasteiger partial charge in [-0.15, -0.1) is 10.2 Å². The molecule has 3 aromatic rings. The first-order valence-corrected chi connectivity index (χ1v) is 12.0. The van der Waals surface area contributed by atoms with Gasteiger partial charge in [-0.3, -0.25) is 9.59 Å². The minimum absolute atomic E-state index is 0.113. The lowest BCUT2D eigenvalue weighted by Crippen LogP contribution is -2.25. The molecule has 174 valence electrons. The van der Waals surface area contributed by atoms with Crippen LogP contribution in [0.2, 0.25) is 10.0 Å². The van der Waals surface area contributed by atoms with Gasteiger partial charge in [-0.2, -0.15) is 0 Å². The number of carbonyl (C=O) groups excluding carboxylic acids is 2. The average molecular weight is 506 g/mol. The van der Waals surface area contributed by atoms with Gasteiger partial charge in [-0.05, 0) is 57.0 Å². The second-order valence-electron chi connectivity index (χ2n) is 7.47. The third kappa shape index (κ3) is 6.07. The van der Waals surface area contributed by atoms with Crippen molar-refractivity contribution in [3.8, 4) is 0 Å². The third-order valence-electron chi connectivity index (χ3n) is 5.08. The Bertz CT molecular complexity index is 1160. The number of nitrogens with one attached hydrogen (secondary N) is 2. The Balaban J connectivity index is 1.65. The number of thioether (sulfide) groups is 1. The Labute approximate surface area is 207 Å². The van der Waals surface area contributed by atoms with E-state index in [4.69, 9.17) is 23.2 Å². The number of anilines is 1. The van der Waals surface area contributed by atoms with Crippen molar-refractivity contribution in [2.24, 2.45) is 0 Å². The SMILES string of the molecule is CCn1c(CNC(=O)c2ccc(Cl)c(Cl)c2)nnc1SC(C)C(=O)Nc1c(C)cccc1C. The summed E-state index contributed by atoms with van der Waals surface area (Å²) in [7, 11) is 0. The average Bonchev–Trinajstić information content (AvgIpc) is 3.17. The summed E-state index contributed by atoms with van der Waals surface area (Å²) in [6.45, 7) is 8.49. The van der Waals surface area contributed by atoms with Gasteiger partial charge in [0.25, 0.3) is 5.91 Å². The van der Waals surface area contributed by atoms with Gasteiger partial charge in [0, 0.05) is 17.8 Å². The van der Waals surface area contributed by atoms with E-state index in [1.54, 1.807) is 12.1 Å². The molecule has 7 nitrogen and oxygen atoms in total. The quantitative estimate of drug-likeness (QED) is 0.407. The minimum Gasteiger partial charge on any atom is -0.345 e. The minimum atomic E-state index is -0.392. The molecule has 1 unspecified atom stereocenters. The maximum absolute atomic E-state index is 12.8. The summed E-state index contributed by atoms with van der Waals surface area (Å²) >= 11 is 13.2. The van der Waals surface area contributed by atoms with Crippen LogP contribution in [0.15, 0.2) is 41.6 Å². The van der Waals surface area contributed by atoms with E-state index in [1.807, 2.05) is 50.5 Å². The molecule has 0 radical (unpaired) electrons. The molecule has 1 atom stereocenters. The van der Waals surface area contributed by atoms with E-state index in [2.05, 4.69) is 20.8 Å². The van der Waals surface area contributed by atoms with Crippen molar-refractivity contribution in [3.05, 3.63) is 69.0 Å². The summed E-state index contributed by atoms with van der Waals surface area (Å²) in [5.41, 5.74) is 3.26. The van der Waals surface area contributed by atoms with Crippen molar-refractivity contribution < 1.29 is 9.59 Å². The number of aryl methyl sites for hydroxylation is 2. The van der Waals surface area contributed by atoms with Crippen molar-refractivity contribution >= 4 is 52.5 Å². The molecule has 0 saturated heterocycles. The predicted octanol–water partition coefficient (Wildman–Crippen LogP) is 5.27. The molecule has 1 heterocycles. The Kier molecular flexibility index (Phi) is 8.40. The molecule has 3 rings (SSSR count). The molecule has 2 amide bonds. The first kappa shape index (κ1) is 25.1. The highest BCUT2D eigenvalue weighted by Crippen LogP contribution is 2.26. The monoisotopic (exact) mass is 505 g/mol. The van der Waals surface area contributed by atoms with Crippen molar-refractivity contribution in [3.63, 3.8) is 0 Å². The number of nitrogens with zero attached hydrogens (tertiary/aromatic N) is 3. The first-order valence-electron chi connectivity index (χ1n) is 10.4. The second-order valence-corrected chi connectivity index (χ2v) is 9.59. The predicted molar refractivity (Wildman–Crippen MR) is 133 cm³/mol. The lowest BCUT2D eigenvalue weighted by atomic mass is 10.1. The maximum Gasteiger partial charge on any atom is 0.251 e. The highest BCUT2D eigenvalue weighted by Gasteiger charge is 2.21. The number of halogens is 2. The number of amides is 2. The van der Waals surface area contributed by atoms with E-state index in [1.165, 1.54) is 17.8 Å². The summed E-state index contributed by atoms with van der Waals surface area (Å²) < 4.78 is 1.88. The molecule has 0 fully saturated rings. The number of aromatic nitrogens is 3.